The molecule has 0 bridgehead atoms. The number of unbranched alkanes of at least 4 members (excludes halogenated alkanes) is 2. The summed E-state index contributed by atoms with van der Waals surface area (Å²) in [7, 11) is -8.54. The van der Waals surface area contributed by atoms with Crippen LogP contribution in [0.3, 0.4) is 0 Å². The maximum atomic E-state index is 14.4. The molecule has 0 spiro atoms. The number of hydrogen-bond acceptors (Lipinski definition) is 24. The number of fused-ring (bicyclic) bond motifs is 4. The van der Waals surface area contributed by atoms with Gasteiger partial charge in [-0.25, -0.2) is 14.8 Å². The summed E-state index contributed by atoms with van der Waals surface area (Å²) in [6.07, 6.45) is -4.46. The van der Waals surface area contributed by atoms with Crippen molar-refractivity contribution in [1.29, 1.82) is 0 Å². The van der Waals surface area contributed by atoms with Gasteiger partial charge in [0.15, 0.2) is 40.6 Å². The maximum Gasteiger partial charge on any atom is 0.407 e. The van der Waals surface area contributed by atoms with Gasteiger partial charge >= 0.3 is 21.3 Å². The fourth-order valence-corrected chi connectivity index (χ4v) is 12.4. The topological polar surface area (TPSA) is 428 Å². The number of imidazole rings is 2. The number of carbonyl (C=O) groups excluding carboxylic acids is 6. The van der Waals surface area contributed by atoms with Crippen molar-refractivity contribution in [3.63, 3.8) is 0 Å². The molecule has 5 aromatic rings. The molecule has 0 aliphatic carbocycles. The molecule has 4 amide bonds. The summed E-state index contributed by atoms with van der Waals surface area (Å²) in [4.78, 5) is 125. The van der Waals surface area contributed by atoms with Gasteiger partial charge in [0.05, 0.1) is 31.9 Å². The Morgan fingerprint density at radius 2 is 1.33 bits per heavy atom. The van der Waals surface area contributed by atoms with Crippen molar-refractivity contribution in [2.24, 2.45) is 11.8 Å². The van der Waals surface area contributed by atoms with Crippen LogP contribution in [0.4, 0.5) is 16.7 Å². The number of anilines is 2. The quantitative estimate of drug-likeness (QED) is 0.0351. The van der Waals surface area contributed by atoms with Crippen molar-refractivity contribution in [3.05, 3.63) is 80.9 Å². The zero-order valence-electron chi connectivity index (χ0n) is 45.6. The van der Waals surface area contributed by atoms with Crippen molar-refractivity contribution in [3.8, 4) is 0 Å². The summed E-state index contributed by atoms with van der Waals surface area (Å²) in [5.74, 6) is -2.97. The molecule has 12 atom stereocenters. The number of Topliss-reactive ketones (excluding diaryl/α,β-unsaturated/α-hetero) is 2. The number of rotatable bonds is 19. The SMILES string of the molecule is CC(C)[C@H](CC(=O)CCCCCN1C(=O)C=CC1=O)C(=O)N[C@@H](C)C(=O)Cc1ccc(COC(=O)N[C@H]2C3OP(C)(=O)OC[C@H]4O[C@@H](n5cnc6c(=O)[nH]c(N)nc65)C(O)[C@H]4OP(C)(=O)OC[C@H]3O[C@H]2n2cnc3c(=O)[nH]c(N)nc32)cc1. The number of aromatic amines is 2. The Morgan fingerprint density at radius 3 is 1.92 bits per heavy atom. The Bertz CT molecular complexity index is 3550. The van der Waals surface area contributed by atoms with Crippen LogP contribution in [0, 0.1) is 11.8 Å². The number of imide groups is 1. The molecule has 33 heteroatoms. The van der Waals surface area contributed by atoms with Gasteiger partial charge < -0.3 is 55.0 Å². The van der Waals surface area contributed by atoms with Crippen LogP contribution in [0.1, 0.15) is 76.5 Å². The number of aliphatic hydroxyl groups excluding tert-OH is 1. The van der Waals surface area contributed by atoms with Crippen molar-refractivity contribution in [2.45, 2.75) is 121 Å². The van der Waals surface area contributed by atoms with Gasteiger partial charge in [0, 0.05) is 57.2 Å². The molecule has 4 aliphatic rings. The van der Waals surface area contributed by atoms with Crippen LogP contribution in [0.5, 0.6) is 0 Å². The molecule has 0 radical (unpaired) electrons. The van der Waals surface area contributed by atoms with E-state index in [0.717, 1.165) is 18.2 Å². The molecule has 4 unspecified atom stereocenters. The van der Waals surface area contributed by atoms with Crippen molar-refractivity contribution >= 4 is 84.8 Å². The number of hydrogen-bond donors (Lipinski definition) is 7. The van der Waals surface area contributed by atoms with E-state index in [1.807, 2.05) is 13.8 Å². The zero-order chi connectivity index (χ0) is 59.7. The molecule has 4 aliphatic heterocycles. The van der Waals surface area contributed by atoms with Crippen molar-refractivity contribution < 1.29 is 75.3 Å². The maximum absolute atomic E-state index is 14.4. The number of alkyl carbamates (subject to hydrolysis) is 1. The fourth-order valence-electron chi connectivity index (χ4n) is 10.0. The van der Waals surface area contributed by atoms with Crippen LogP contribution < -0.4 is 33.2 Å². The number of nitrogens with zero attached hydrogens (tertiary/aromatic N) is 7. The van der Waals surface area contributed by atoms with E-state index in [2.05, 4.69) is 40.5 Å². The number of ether oxygens (including phenoxy) is 3. The second-order valence-electron chi connectivity index (χ2n) is 20.9. The first kappa shape index (κ1) is 60.3. The van der Waals surface area contributed by atoms with Gasteiger partial charge in [-0.1, -0.05) is 44.5 Å². The molecule has 9 N–H and O–H groups in total. The van der Waals surface area contributed by atoms with Crippen LogP contribution in [-0.2, 0) is 78.4 Å². The van der Waals surface area contributed by atoms with E-state index < -0.39 is 113 Å². The third-order valence-corrected chi connectivity index (χ3v) is 16.9. The summed E-state index contributed by atoms with van der Waals surface area (Å²) in [6.45, 7) is 6.16. The number of carbonyl (C=O) groups is 6. The Morgan fingerprint density at radius 1 is 0.783 bits per heavy atom. The highest BCUT2D eigenvalue weighted by molar-refractivity contribution is 7.53. The summed E-state index contributed by atoms with van der Waals surface area (Å²) < 4.78 is 73.1. The monoisotopic (exact) mass is 1200 g/mol. The van der Waals surface area contributed by atoms with E-state index in [0.29, 0.717) is 30.4 Å². The summed E-state index contributed by atoms with van der Waals surface area (Å²) >= 11 is 0. The number of aromatic nitrogens is 8. The third-order valence-electron chi connectivity index (χ3n) is 14.4. The molecule has 446 valence electrons. The average Bonchev–Trinajstić information content (AvgIpc) is 3.74. The summed E-state index contributed by atoms with van der Waals surface area (Å²) in [5, 5.41) is 17.1. The first-order valence-electron chi connectivity index (χ1n) is 26.5. The van der Waals surface area contributed by atoms with Gasteiger partial charge in [0.1, 0.15) is 49.0 Å². The van der Waals surface area contributed by atoms with Gasteiger partial charge in [-0.2, -0.15) is 9.97 Å². The highest BCUT2D eigenvalue weighted by atomic mass is 31.2. The van der Waals surface area contributed by atoms with E-state index in [1.54, 1.807) is 31.2 Å². The standard InChI is InChI=1S/C50H63N13O18P2/c1-24(2)29(18-28(64)9-7-6-8-16-61-33(66)14-15-34(61)67)43(69)55-25(3)30(65)17-26-10-12-27(13-11-26)19-75-50(72)56-35-39-31(78-46(35)62-22-53-36-41(62)57-48(51)59-44(36)70)20-76-83(5,74)81-40-32(21-77-82(4,73)80-39)79-47(38(40)68)63-23-54-37-42(63)58-49(52)60-45(37)71/h10-15,22-25,29,31-32,35,38-40,46-47,68H,6-9,16-21H2,1-5H3,(H,55,69)(H,56,72)(H3,51,57,59,70)(H3,52,58,60,71)/t25-,29-,31+,32+,35-,38?,39?,40-,46+,47+,82?,83?/m0/s1. The van der Waals surface area contributed by atoms with E-state index in [9.17, 15) is 52.6 Å². The van der Waals surface area contributed by atoms with E-state index >= 15 is 0 Å². The van der Waals surface area contributed by atoms with E-state index in [4.69, 9.17) is 43.8 Å². The predicted octanol–water partition coefficient (Wildman–Crippen LogP) is 1.66. The predicted molar refractivity (Wildman–Crippen MR) is 290 cm³/mol. The number of nitrogens with one attached hydrogen (secondary N) is 4. The minimum atomic E-state index is -4.30. The first-order chi connectivity index (χ1) is 39.3. The second kappa shape index (κ2) is 24.9. The Labute approximate surface area is 471 Å². The van der Waals surface area contributed by atoms with Gasteiger partial charge in [0.2, 0.25) is 17.8 Å². The second-order valence-corrected chi connectivity index (χ2v) is 25.0. The van der Waals surface area contributed by atoms with Crippen LogP contribution in [0.2, 0.25) is 0 Å². The Kier molecular flexibility index (Phi) is 18.0. The molecule has 83 heavy (non-hydrogen) atoms. The van der Waals surface area contributed by atoms with E-state index in [-0.39, 0.29) is 95.9 Å². The lowest BCUT2D eigenvalue weighted by atomic mass is 9.88. The molecule has 0 saturated carbocycles. The lowest BCUT2D eigenvalue weighted by molar-refractivity contribution is -0.137. The lowest BCUT2D eigenvalue weighted by Crippen LogP contribution is -2.48. The minimum absolute atomic E-state index is 0.00950. The normalized spacial score (nSPS) is 27.2. The lowest BCUT2D eigenvalue weighted by Gasteiger charge is -2.30. The highest BCUT2D eigenvalue weighted by Crippen LogP contribution is 2.54. The molecule has 3 fully saturated rings. The molecule has 8 heterocycles. The smallest absolute Gasteiger partial charge is 0.407 e. The van der Waals surface area contributed by atoms with Gasteiger partial charge in [-0.05, 0) is 36.8 Å². The molecule has 9 rings (SSSR count). The number of amides is 4. The van der Waals surface area contributed by atoms with Crippen LogP contribution in [0.25, 0.3) is 22.3 Å². The van der Waals surface area contributed by atoms with Gasteiger partial charge in [0.25, 0.3) is 22.9 Å². The molecule has 1 aromatic carbocycles. The molecular formula is C50H63N13O18P2. The zero-order valence-corrected chi connectivity index (χ0v) is 47.4. The third kappa shape index (κ3) is 13.9. The molecular weight excluding hydrogens is 1130 g/mol. The number of aliphatic hydroxyl groups is 1. The van der Waals surface area contributed by atoms with Crippen LogP contribution in [0.15, 0.2) is 58.7 Å². The number of nitrogens with two attached hydrogens (primary N) is 2. The Balaban J connectivity index is 0.835. The first-order valence-corrected chi connectivity index (χ1v) is 30.5. The van der Waals surface area contributed by atoms with Crippen LogP contribution in [-0.4, -0.2) is 160 Å². The summed E-state index contributed by atoms with van der Waals surface area (Å²) in [6, 6.07) is 4.25. The molecule has 4 aromatic heterocycles. The fraction of sp³-hybridized carbons (Fsp3) is 0.520. The average molecular weight is 1200 g/mol. The Hall–Kier alpha value is -7.34. The molecule has 3 saturated heterocycles. The minimum Gasteiger partial charge on any atom is -0.445 e. The van der Waals surface area contributed by atoms with Crippen LogP contribution >= 0.6 is 15.2 Å². The summed E-state index contributed by atoms with van der Waals surface area (Å²) in [5.41, 5.74) is 11.0. The number of H-pyrrole nitrogens is 2. The number of ketones is 2. The number of benzene rings is 1. The molecule has 31 nitrogen and oxygen atoms in total. The van der Waals surface area contributed by atoms with E-state index in [1.165, 1.54) is 33.9 Å². The van der Waals surface area contributed by atoms with Crippen molar-refractivity contribution in [2.75, 3.05) is 44.6 Å². The number of nitrogen functional groups attached to an aromatic ring is 2. The van der Waals surface area contributed by atoms with Gasteiger partial charge in [-0.3, -0.25) is 71.2 Å². The van der Waals surface area contributed by atoms with Crippen molar-refractivity contribution in [1.82, 2.24) is 54.6 Å². The van der Waals surface area contributed by atoms with Gasteiger partial charge in [-0.15, -0.1) is 0 Å². The largest absolute Gasteiger partial charge is 0.445 e. The highest BCUT2D eigenvalue weighted by Gasteiger charge is 2.54.